The average molecular weight is 770 g/mol. The first-order chi connectivity index (χ1) is 27.2. The van der Waals surface area contributed by atoms with Gasteiger partial charge in [0.25, 0.3) is 0 Å². The molecule has 0 saturated heterocycles. The van der Waals surface area contributed by atoms with Crippen LogP contribution in [0.1, 0.15) is 71.0 Å². The first-order valence-electron chi connectivity index (χ1n) is 18.8. The molecule has 0 bridgehead atoms. The minimum absolute atomic E-state index is 0.0429. The Morgan fingerprint density at radius 3 is 2.18 bits per heavy atom. The molecule has 0 aliphatic carbocycles. The highest BCUT2D eigenvalue weighted by Crippen LogP contribution is 2.32. The number of amides is 3. The van der Waals surface area contributed by atoms with E-state index in [-0.39, 0.29) is 57.8 Å². The summed E-state index contributed by atoms with van der Waals surface area (Å²) in [6, 6.07) is 18.0. The molecule has 0 fully saturated rings. The lowest BCUT2D eigenvalue weighted by Gasteiger charge is -2.23. The summed E-state index contributed by atoms with van der Waals surface area (Å²) in [5, 5.41) is 36.9. The summed E-state index contributed by atoms with van der Waals surface area (Å²) >= 11 is 0. The van der Waals surface area contributed by atoms with E-state index in [1.807, 2.05) is 54.6 Å². The minimum atomic E-state index is -1.16. The van der Waals surface area contributed by atoms with E-state index < -0.39 is 35.8 Å². The predicted octanol–water partition coefficient (Wildman–Crippen LogP) is 3.16. The molecule has 13 nitrogen and oxygen atoms in total. The van der Waals surface area contributed by atoms with Crippen molar-refractivity contribution in [2.45, 2.75) is 70.4 Å². The molecule has 0 spiro atoms. The normalized spacial score (nSPS) is 11.9. The number of esters is 1. The van der Waals surface area contributed by atoms with Crippen molar-refractivity contribution >= 4 is 34.7 Å². The SMILES string of the molecule is COc1ccc(CCCOC(=O)c2c(CCCO)oc3c(C#CCCCO)cc(C[C@H](NC(=O)[C@H](Cc4ccccc4)NC(C)=O)C(=O)NCCO)cc23)cc1. The van der Waals surface area contributed by atoms with Crippen molar-refractivity contribution in [2.24, 2.45) is 0 Å². The summed E-state index contributed by atoms with van der Waals surface area (Å²) in [5.41, 5.74) is 3.30. The number of fused-ring (bicyclic) bond motifs is 1. The average Bonchev–Trinajstić information content (AvgIpc) is 3.57. The molecular formula is C43H51N3O10. The Hall–Kier alpha value is -5.68. The number of carbonyl (C=O) groups excluding carboxylic acids is 4. The fourth-order valence-corrected chi connectivity index (χ4v) is 6.11. The molecule has 13 heteroatoms. The van der Waals surface area contributed by atoms with Gasteiger partial charge in [0.1, 0.15) is 29.2 Å². The zero-order valence-corrected chi connectivity index (χ0v) is 31.9. The summed E-state index contributed by atoms with van der Waals surface area (Å²) in [7, 11) is 1.60. The third-order valence-corrected chi connectivity index (χ3v) is 8.83. The summed E-state index contributed by atoms with van der Waals surface area (Å²) in [6.45, 7) is 0.862. The van der Waals surface area contributed by atoms with E-state index in [1.165, 1.54) is 6.92 Å². The fraction of sp³-hybridized carbons (Fsp3) is 0.395. The maximum Gasteiger partial charge on any atom is 0.342 e. The maximum atomic E-state index is 13.8. The predicted molar refractivity (Wildman–Crippen MR) is 210 cm³/mol. The zero-order chi connectivity index (χ0) is 40.3. The number of hydrogen-bond acceptors (Lipinski definition) is 10. The number of rotatable bonds is 21. The van der Waals surface area contributed by atoms with Gasteiger partial charge in [-0.2, -0.15) is 0 Å². The second-order valence-electron chi connectivity index (χ2n) is 13.2. The molecule has 0 radical (unpaired) electrons. The van der Waals surface area contributed by atoms with Gasteiger partial charge in [0.15, 0.2) is 5.58 Å². The summed E-state index contributed by atoms with van der Waals surface area (Å²) in [5.74, 6) is 4.97. The molecule has 4 rings (SSSR count). The zero-order valence-electron chi connectivity index (χ0n) is 31.9. The Balaban J connectivity index is 1.69. The van der Waals surface area contributed by atoms with E-state index in [2.05, 4.69) is 27.8 Å². The largest absolute Gasteiger partial charge is 0.497 e. The molecule has 0 unspecified atom stereocenters. The van der Waals surface area contributed by atoms with Crippen LogP contribution in [0.4, 0.5) is 0 Å². The van der Waals surface area contributed by atoms with Gasteiger partial charge < -0.3 is 45.2 Å². The van der Waals surface area contributed by atoms with Crippen molar-refractivity contribution in [1.82, 2.24) is 16.0 Å². The Morgan fingerprint density at radius 1 is 0.786 bits per heavy atom. The van der Waals surface area contributed by atoms with E-state index >= 15 is 0 Å². The van der Waals surface area contributed by atoms with Crippen molar-refractivity contribution in [2.75, 3.05) is 40.1 Å². The van der Waals surface area contributed by atoms with Crippen LogP contribution >= 0.6 is 0 Å². The Bertz CT molecular complexity index is 1960. The van der Waals surface area contributed by atoms with Crippen molar-refractivity contribution < 1.29 is 48.4 Å². The van der Waals surface area contributed by atoms with Crippen LogP contribution in [0.15, 0.2) is 71.1 Å². The van der Waals surface area contributed by atoms with Crippen LogP contribution in [-0.4, -0.2) is 91.2 Å². The third kappa shape index (κ3) is 13.0. The summed E-state index contributed by atoms with van der Waals surface area (Å²) in [6.07, 6.45) is 2.73. The van der Waals surface area contributed by atoms with Gasteiger partial charge >= 0.3 is 5.97 Å². The first-order valence-corrected chi connectivity index (χ1v) is 18.8. The Labute approximate surface area is 326 Å². The fourth-order valence-electron chi connectivity index (χ4n) is 6.11. The molecule has 0 saturated carbocycles. The van der Waals surface area contributed by atoms with Gasteiger partial charge in [0.2, 0.25) is 17.7 Å². The monoisotopic (exact) mass is 769 g/mol. The number of aryl methyl sites for hydroxylation is 2. The molecule has 0 aliphatic heterocycles. The molecular weight excluding hydrogens is 718 g/mol. The number of methoxy groups -OCH3 is 1. The van der Waals surface area contributed by atoms with Gasteiger partial charge in [0, 0.05) is 57.8 Å². The van der Waals surface area contributed by atoms with Gasteiger partial charge in [-0.05, 0) is 66.6 Å². The second-order valence-corrected chi connectivity index (χ2v) is 13.2. The smallest absolute Gasteiger partial charge is 0.342 e. The highest BCUT2D eigenvalue weighted by Gasteiger charge is 2.29. The van der Waals surface area contributed by atoms with E-state index in [9.17, 15) is 34.5 Å². The molecule has 4 aromatic rings. The standard InChI is InChI=1S/C43H51N3O10/c1-29(50)45-37(27-31-11-5-3-6-12-31)42(52)46-36(41(51)44-20-23-49)28-32-25-33(14-7-4-8-21-47)40-35(26-32)39(38(56-40)15-9-22-48)43(53)55-24-10-13-30-16-18-34(54-2)19-17-30/h3,5-6,11-12,16-19,25-26,36-37,47-49H,4,8-10,13,15,20-24,27-28H2,1-2H3,(H,44,51)(H,45,50)(H,46,52)/t36-,37-/m0/s1. The summed E-state index contributed by atoms with van der Waals surface area (Å²) < 4.78 is 17.3. The lowest BCUT2D eigenvalue weighted by Crippen LogP contribution is -2.55. The van der Waals surface area contributed by atoms with Crippen molar-refractivity contribution in [3.63, 3.8) is 0 Å². The number of aliphatic hydroxyl groups excluding tert-OH is 3. The van der Waals surface area contributed by atoms with E-state index in [0.717, 1.165) is 16.9 Å². The second kappa shape index (κ2) is 22.6. The van der Waals surface area contributed by atoms with Gasteiger partial charge in [0.05, 0.1) is 25.9 Å². The highest BCUT2D eigenvalue weighted by molar-refractivity contribution is 6.06. The van der Waals surface area contributed by atoms with Crippen molar-refractivity contribution in [3.05, 3.63) is 100 Å². The van der Waals surface area contributed by atoms with Gasteiger partial charge in [-0.1, -0.05) is 54.3 Å². The van der Waals surface area contributed by atoms with Crippen LogP contribution < -0.4 is 20.7 Å². The third-order valence-electron chi connectivity index (χ3n) is 8.83. The topological polar surface area (TPSA) is 197 Å². The summed E-state index contributed by atoms with van der Waals surface area (Å²) in [4.78, 5) is 53.2. The molecule has 56 heavy (non-hydrogen) atoms. The number of carbonyl (C=O) groups is 4. The Kier molecular flexibility index (Phi) is 17.4. The number of benzene rings is 3. The molecule has 3 amide bonds. The molecule has 1 heterocycles. The molecule has 2 atom stereocenters. The minimum Gasteiger partial charge on any atom is -0.497 e. The number of furan rings is 1. The van der Waals surface area contributed by atoms with Crippen LogP contribution in [-0.2, 0) is 44.8 Å². The lowest BCUT2D eigenvalue weighted by molar-refractivity contribution is -0.131. The van der Waals surface area contributed by atoms with E-state index in [1.54, 1.807) is 19.2 Å². The van der Waals surface area contributed by atoms with Crippen LogP contribution in [0.2, 0.25) is 0 Å². The number of unbranched alkanes of at least 4 members (excludes halogenated alkanes) is 1. The van der Waals surface area contributed by atoms with Gasteiger partial charge in [-0.25, -0.2) is 4.79 Å². The number of nitrogens with one attached hydrogen (secondary N) is 3. The molecule has 3 aromatic carbocycles. The van der Waals surface area contributed by atoms with Crippen molar-refractivity contribution in [1.29, 1.82) is 0 Å². The molecule has 1 aromatic heterocycles. The first kappa shape index (κ1) is 43.1. The van der Waals surface area contributed by atoms with Crippen LogP contribution in [0, 0.1) is 11.8 Å². The molecule has 6 N–H and O–H groups in total. The van der Waals surface area contributed by atoms with Gasteiger partial charge in [-0.3, -0.25) is 14.4 Å². The highest BCUT2D eigenvalue weighted by atomic mass is 16.5. The number of ether oxygens (including phenoxy) is 2. The molecule has 298 valence electrons. The van der Waals surface area contributed by atoms with Crippen LogP contribution in [0.3, 0.4) is 0 Å². The number of hydrogen-bond donors (Lipinski definition) is 6. The van der Waals surface area contributed by atoms with E-state index in [0.29, 0.717) is 60.0 Å². The number of aliphatic hydroxyl groups is 3. The van der Waals surface area contributed by atoms with Crippen LogP contribution in [0.25, 0.3) is 11.0 Å². The van der Waals surface area contributed by atoms with E-state index in [4.69, 9.17) is 13.9 Å². The Morgan fingerprint density at radius 2 is 1.50 bits per heavy atom. The lowest BCUT2D eigenvalue weighted by atomic mass is 9.97. The van der Waals surface area contributed by atoms with Crippen molar-refractivity contribution in [3.8, 4) is 17.6 Å². The quantitative estimate of drug-likeness (QED) is 0.0416. The maximum absolute atomic E-state index is 13.8. The molecule has 0 aliphatic rings. The van der Waals surface area contributed by atoms with Gasteiger partial charge in [-0.15, -0.1) is 0 Å². The van der Waals surface area contributed by atoms with Crippen LogP contribution in [0.5, 0.6) is 5.75 Å².